The smallest absolute Gasteiger partial charge is 0.335 e. The predicted molar refractivity (Wildman–Crippen MR) is 142 cm³/mol. The molecule has 1 amide bonds. The van der Waals surface area contributed by atoms with Crippen LogP contribution in [0.3, 0.4) is 0 Å². The molecule has 1 fully saturated rings. The van der Waals surface area contributed by atoms with Gasteiger partial charge < -0.3 is 9.84 Å². The summed E-state index contributed by atoms with van der Waals surface area (Å²) < 4.78 is 5.73. The summed E-state index contributed by atoms with van der Waals surface area (Å²) in [6.45, 7) is 2.32. The molecule has 1 N–H and O–H groups in total. The van der Waals surface area contributed by atoms with Gasteiger partial charge in [-0.15, -0.1) is 0 Å². The lowest BCUT2D eigenvalue weighted by Gasteiger charge is -2.12. The Bertz CT molecular complexity index is 1460. The summed E-state index contributed by atoms with van der Waals surface area (Å²) >= 11 is 7.58. The quantitative estimate of drug-likeness (QED) is 0.208. The molecule has 37 heavy (non-hydrogen) atoms. The van der Waals surface area contributed by atoms with Gasteiger partial charge in [0.25, 0.3) is 11.6 Å². The third kappa shape index (κ3) is 6.16. The van der Waals surface area contributed by atoms with Crippen LogP contribution in [0.15, 0.2) is 76.6 Å². The Labute approximate surface area is 221 Å². The molecular formula is C26H20ClN3O6S. The van der Waals surface area contributed by atoms with Crippen LogP contribution < -0.4 is 4.74 Å². The number of carbonyl (C=O) groups excluding carboxylic acids is 1. The zero-order chi connectivity index (χ0) is 26.5. The van der Waals surface area contributed by atoms with Crippen LogP contribution >= 0.6 is 23.4 Å². The number of halogens is 1. The lowest BCUT2D eigenvalue weighted by Crippen LogP contribution is -2.28. The fourth-order valence-corrected chi connectivity index (χ4v) is 4.79. The van der Waals surface area contributed by atoms with Gasteiger partial charge in [0.05, 0.1) is 26.1 Å². The maximum Gasteiger partial charge on any atom is 0.335 e. The number of amidine groups is 1. The second kappa shape index (κ2) is 11.3. The van der Waals surface area contributed by atoms with Gasteiger partial charge in [-0.3, -0.25) is 19.8 Å². The molecule has 3 aromatic carbocycles. The number of carbonyl (C=O) groups is 2. The number of rotatable bonds is 8. The molecule has 0 aromatic heterocycles. The number of ether oxygens (including phenoxy) is 1. The van der Waals surface area contributed by atoms with Crippen molar-refractivity contribution >= 4 is 57.9 Å². The highest BCUT2D eigenvalue weighted by Crippen LogP contribution is 2.35. The van der Waals surface area contributed by atoms with E-state index in [4.69, 9.17) is 16.3 Å². The Balaban J connectivity index is 1.51. The third-order valence-corrected chi connectivity index (χ3v) is 6.59. The van der Waals surface area contributed by atoms with Crippen LogP contribution in [-0.4, -0.2) is 38.5 Å². The molecule has 0 atom stereocenters. The second-order valence-corrected chi connectivity index (χ2v) is 9.23. The number of amides is 1. The van der Waals surface area contributed by atoms with Crippen LogP contribution in [0.2, 0.25) is 5.02 Å². The van der Waals surface area contributed by atoms with E-state index in [0.717, 1.165) is 0 Å². The highest BCUT2D eigenvalue weighted by Gasteiger charge is 2.32. The first-order valence-electron chi connectivity index (χ1n) is 11.0. The summed E-state index contributed by atoms with van der Waals surface area (Å²) in [5.41, 5.74) is 1.82. The fourth-order valence-electron chi connectivity index (χ4n) is 3.49. The minimum Gasteiger partial charge on any atom is -0.487 e. The lowest BCUT2D eigenvalue weighted by atomic mass is 10.2. The van der Waals surface area contributed by atoms with Crippen molar-refractivity contribution in [2.75, 3.05) is 6.54 Å². The number of carboxylic acid groups (broad SMARTS) is 1. The Morgan fingerprint density at radius 1 is 1.19 bits per heavy atom. The van der Waals surface area contributed by atoms with E-state index in [9.17, 15) is 24.8 Å². The fraction of sp³-hybridized carbons (Fsp3) is 0.115. The molecule has 1 saturated heterocycles. The number of hydrogen-bond donors (Lipinski definition) is 1. The van der Waals surface area contributed by atoms with E-state index in [-0.39, 0.29) is 23.8 Å². The number of aliphatic imine (C=N–C) groups is 1. The van der Waals surface area contributed by atoms with Crippen LogP contribution in [0.25, 0.3) is 6.08 Å². The number of nitro benzene ring substituents is 1. The van der Waals surface area contributed by atoms with Gasteiger partial charge >= 0.3 is 5.97 Å². The Hall–Kier alpha value is -4.15. The third-order valence-electron chi connectivity index (χ3n) is 5.29. The number of nitro groups is 1. The number of non-ortho nitro benzene ring substituents is 1. The van der Waals surface area contributed by atoms with Gasteiger partial charge in [0.15, 0.2) is 5.17 Å². The molecule has 0 bridgehead atoms. The molecule has 0 unspecified atom stereocenters. The van der Waals surface area contributed by atoms with E-state index in [0.29, 0.717) is 44.2 Å². The molecule has 1 aliphatic heterocycles. The molecule has 0 aliphatic carbocycles. The first-order valence-corrected chi connectivity index (χ1v) is 12.2. The van der Waals surface area contributed by atoms with E-state index < -0.39 is 10.9 Å². The maximum atomic E-state index is 13.0. The Morgan fingerprint density at radius 3 is 2.68 bits per heavy atom. The van der Waals surface area contributed by atoms with Gasteiger partial charge in [-0.05, 0) is 66.2 Å². The van der Waals surface area contributed by atoms with E-state index in [1.54, 1.807) is 48.5 Å². The average Bonchev–Trinajstić information content (AvgIpc) is 3.17. The second-order valence-electron chi connectivity index (χ2n) is 7.82. The van der Waals surface area contributed by atoms with E-state index >= 15 is 0 Å². The summed E-state index contributed by atoms with van der Waals surface area (Å²) in [5, 5.41) is 20.9. The number of thioether (sulfide) groups is 1. The molecule has 11 heteroatoms. The van der Waals surface area contributed by atoms with Crippen LogP contribution in [-0.2, 0) is 11.4 Å². The SMILES string of the molecule is CCN1C(=O)C(=Cc2ccc(OCc3cccc([N+](=O)[O-])c3)c(Cl)c2)SC1=Nc1cccc(C(=O)O)c1. The van der Waals surface area contributed by atoms with Crippen molar-refractivity contribution in [3.05, 3.63) is 103 Å². The Morgan fingerprint density at radius 2 is 1.97 bits per heavy atom. The summed E-state index contributed by atoms with van der Waals surface area (Å²) in [6, 6.07) is 17.4. The molecule has 3 aromatic rings. The maximum absolute atomic E-state index is 13.0. The molecule has 1 heterocycles. The van der Waals surface area contributed by atoms with Crippen molar-refractivity contribution in [1.82, 2.24) is 4.90 Å². The summed E-state index contributed by atoms with van der Waals surface area (Å²) in [5.74, 6) is -0.876. The van der Waals surface area contributed by atoms with Gasteiger partial charge in [-0.25, -0.2) is 9.79 Å². The number of hydrogen-bond acceptors (Lipinski definition) is 7. The zero-order valence-corrected chi connectivity index (χ0v) is 21.0. The van der Waals surface area contributed by atoms with E-state index in [1.165, 1.54) is 40.9 Å². The standard InChI is InChI=1S/C26H20ClN3O6S/c1-2-29-24(31)23(37-26(29)28-19-7-4-6-18(14-19)25(32)33)13-16-9-10-22(21(27)12-16)36-15-17-5-3-8-20(11-17)30(34)35/h3-14H,2,15H2,1H3,(H,32,33). The topological polar surface area (TPSA) is 122 Å². The van der Waals surface area contributed by atoms with Crippen LogP contribution in [0.1, 0.15) is 28.4 Å². The van der Waals surface area contributed by atoms with Crippen LogP contribution in [0, 0.1) is 10.1 Å². The highest BCUT2D eigenvalue weighted by atomic mass is 35.5. The van der Waals surface area contributed by atoms with Gasteiger partial charge in [-0.2, -0.15) is 0 Å². The van der Waals surface area contributed by atoms with Gasteiger partial charge in [0.2, 0.25) is 0 Å². The zero-order valence-electron chi connectivity index (χ0n) is 19.5. The minimum absolute atomic E-state index is 0.0217. The van der Waals surface area contributed by atoms with E-state index in [1.807, 2.05) is 6.92 Å². The van der Waals surface area contributed by atoms with E-state index in [2.05, 4.69) is 4.99 Å². The molecule has 0 saturated carbocycles. The molecule has 0 spiro atoms. The van der Waals surface area contributed by atoms with Crippen molar-refractivity contribution in [2.45, 2.75) is 13.5 Å². The first kappa shape index (κ1) is 25.9. The largest absolute Gasteiger partial charge is 0.487 e. The number of benzene rings is 3. The monoisotopic (exact) mass is 537 g/mol. The number of aromatic carboxylic acids is 1. The average molecular weight is 538 g/mol. The van der Waals surface area contributed by atoms with Gasteiger partial charge in [0.1, 0.15) is 12.4 Å². The molecular weight excluding hydrogens is 518 g/mol. The summed E-state index contributed by atoms with van der Waals surface area (Å²) in [6.07, 6.45) is 1.70. The predicted octanol–water partition coefficient (Wildman–Crippen LogP) is 6.15. The van der Waals surface area contributed by atoms with Gasteiger partial charge in [-0.1, -0.05) is 35.9 Å². The normalized spacial score (nSPS) is 15.4. The lowest BCUT2D eigenvalue weighted by molar-refractivity contribution is -0.384. The minimum atomic E-state index is -1.06. The van der Waals surface area contributed by atoms with Crippen molar-refractivity contribution < 1.29 is 24.4 Å². The van der Waals surface area contributed by atoms with Crippen LogP contribution in [0.4, 0.5) is 11.4 Å². The molecule has 4 rings (SSSR count). The van der Waals surface area contributed by atoms with Crippen molar-refractivity contribution in [1.29, 1.82) is 0 Å². The molecule has 0 radical (unpaired) electrons. The van der Waals surface area contributed by atoms with Crippen molar-refractivity contribution in [2.24, 2.45) is 4.99 Å². The number of likely N-dealkylation sites (N-methyl/N-ethyl adjacent to an activating group) is 1. The van der Waals surface area contributed by atoms with Crippen LogP contribution in [0.5, 0.6) is 5.75 Å². The summed E-state index contributed by atoms with van der Waals surface area (Å²) in [4.78, 5) is 41.1. The molecule has 1 aliphatic rings. The number of carboxylic acids is 1. The number of nitrogens with zero attached hydrogens (tertiary/aromatic N) is 3. The molecule has 188 valence electrons. The Kier molecular flexibility index (Phi) is 7.90. The first-order chi connectivity index (χ1) is 17.7. The highest BCUT2D eigenvalue weighted by molar-refractivity contribution is 8.18. The van der Waals surface area contributed by atoms with Crippen molar-refractivity contribution in [3.63, 3.8) is 0 Å². The summed E-state index contributed by atoms with van der Waals surface area (Å²) in [7, 11) is 0. The van der Waals surface area contributed by atoms with Crippen molar-refractivity contribution in [3.8, 4) is 5.75 Å². The van der Waals surface area contributed by atoms with Gasteiger partial charge in [0, 0.05) is 18.7 Å². The molecule has 9 nitrogen and oxygen atoms in total.